The molecular weight excluding hydrogens is 286 g/mol. The molecule has 0 aromatic heterocycles. The molecule has 114 valence electrons. The Kier molecular flexibility index (Phi) is 5.31. The van der Waals surface area contributed by atoms with Crippen molar-refractivity contribution in [1.29, 1.82) is 0 Å². The van der Waals surface area contributed by atoms with Crippen LogP contribution in [0.1, 0.15) is 49.4 Å². The van der Waals surface area contributed by atoms with Gasteiger partial charge in [0.05, 0.1) is 4.90 Å². The Bertz CT molecular complexity index is 647. The Balaban J connectivity index is 1.99. The van der Waals surface area contributed by atoms with Crippen molar-refractivity contribution in [1.82, 2.24) is 4.72 Å². The second-order valence-electron chi connectivity index (χ2n) is 5.34. The van der Waals surface area contributed by atoms with E-state index >= 15 is 0 Å². The van der Waals surface area contributed by atoms with Gasteiger partial charge in [-0.2, -0.15) is 0 Å². The number of carbonyl (C=O) groups excluding carboxylic acids is 1. The molecule has 0 saturated carbocycles. The minimum Gasteiger partial charge on any atom is -0.295 e. The minimum absolute atomic E-state index is 0.139. The lowest BCUT2D eigenvalue weighted by molar-refractivity contribution is 0.101. The maximum Gasteiger partial charge on any atom is 0.240 e. The molecule has 0 saturated heterocycles. The second kappa shape index (κ2) is 7.00. The molecular formula is C16H21NO3S. The molecule has 5 heteroatoms. The van der Waals surface area contributed by atoms with E-state index in [4.69, 9.17) is 0 Å². The number of hydrogen-bond donors (Lipinski definition) is 1. The fourth-order valence-corrected chi connectivity index (χ4v) is 3.52. The predicted octanol–water partition coefficient (Wildman–Crippen LogP) is 3.06. The molecule has 0 amide bonds. The third-order valence-electron chi connectivity index (χ3n) is 3.67. The van der Waals surface area contributed by atoms with Crippen LogP contribution in [-0.4, -0.2) is 20.7 Å². The van der Waals surface area contributed by atoms with E-state index in [0.717, 1.165) is 19.3 Å². The monoisotopic (exact) mass is 307 g/mol. The molecule has 1 aromatic carbocycles. The van der Waals surface area contributed by atoms with Crippen LogP contribution >= 0.6 is 0 Å². The molecule has 4 nitrogen and oxygen atoms in total. The van der Waals surface area contributed by atoms with Gasteiger partial charge < -0.3 is 0 Å². The summed E-state index contributed by atoms with van der Waals surface area (Å²) in [5.41, 5.74) is 1.74. The largest absolute Gasteiger partial charge is 0.295 e. The van der Waals surface area contributed by atoms with Gasteiger partial charge in [-0.15, -0.1) is 0 Å². The molecule has 1 aliphatic carbocycles. The Labute approximate surface area is 126 Å². The summed E-state index contributed by atoms with van der Waals surface area (Å²) in [5.74, 6) is -0.139. The first-order valence-corrected chi connectivity index (χ1v) is 8.76. The fraction of sp³-hybridized carbons (Fsp3) is 0.438. The number of Topliss-reactive ketones (excluding diaryl/α,β-unsaturated/α-hetero) is 1. The van der Waals surface area contributed by atoms with Crippen LogP contribution in [0.4, 0.5) is 0 Å². The number of allylic oxidation sites excluding steroid dienone is 1. The summed E-state index contributed by atoms with van der Waals surface area (Å²) >= 11 is 0. The van der Waals surface area contributed by atoms with Gasteiger partial charge in [0, 0.05) is 12.1 Å². The average molecular weight is 307 g/mol. The van der Waals surface area contributed by atoms with Crippen LogP contribution < -0.4 is 4.72 Å². The molecule has 1 N–H and O–H groups in total. The summed E-state index contributed by atoms with van der Waals surface area (Å²) in [6, 6.07) is 6.14. The molecule has 0 aliphatic heterocycles. The predicted molar refractivity (Wildman–Crippen MR) is 82.8 cm³/mol. The maximum absolute atomic E-state index is 12.2. The highest BCUT2D eigenvalue weighted by atomic mass is 32.2. The minimum atomic E-state index is -3.55. The highest BCUT2D eigenvalue weighted by molar-refractivity contribution is 7.89. The number of benzene rings is 1. The van der Waals surface area contributed by atoms with Crippen molar-refractivity contribution < 1.29 is 13.2 Å². The van der Waals surface area contributed by atoms with Crippen molar-refractivity contribution in [2.24, 2.45) is 0 Å². The Hall–Kier alpha value is -1.46. The van der Waals surface area contributed by atoms with E-state index in [2.05, 4.69) is 10.8 Å². The van der Waals surface area contributed by atoms with Crippen LogP contribution in [0.25, 0.3) is 0 Å². The third kappa shape index (κ3) is 4.51. The van der Waals surface area contributed by atoms with Crippen molar-refractivity contribution >= 4 is 15.8 Å². The van der Waals surface area contributed by atoms with Crippen LogP contribution in [0.2, 0.25) is 0 Å². The molecule has 0 atom stereocenters. The third-order valence-corrected chi connectivity index (χ3v) is 5.13. The van der Waals surface area contributed by atoms with Gasteiger partial charge >= 0.3 is 0 Å². The molecule has 1 aliphatic rings. The van der Waals surface area contributed by atoms with E-state index in [1.165, 1.54) is 37.5 Å². The van der Waals surface area contributed by atoms with Crippen LogP contribution in [0.15, 0.2) is 40.8 Å². The number of ketones is 1. The zero-order chi connectivity index (χ0) is 15.3. The lowest BCUT2D eigenvalue weighted by Gasteiger charge is -2.13. The van der Waals surface area contributed by atoms with Crippen LogP contribution in [0.5, 0.6) is 0 Å². The van der Waals surface area contributed by atoms with Crippen molar-refractivity contribution in [2.75, 3.05) is 6.54 Å². The Morgan fingerprint density at radius 2 is 2.10 bits per heavy atom. The van der Waals surface area contributed by atoms with Gasteiger partial charge in [-0.05, 0) is 51.2 Å². The topological polar surface area (TPSA) is 63.2 Å². The van der Waals surface area contributed by atoms with Gasteiger partial charge in [0.25, 0.3) is 0 Å². The SMILES string of the molecule is CC(=O)c1cccc(S(=O)(=O)NCCC2=CCCCC2)c1. The summed E-state index contributed by atoms with van der Waals surface area (Å²) in [6.07, 6.45) is 7.57. The van der Waals surface area contributed by atoms with Gasteiger partial charge in [0.15, 0.2) is 5.78 Å². The van der Waals surface area contributed by atoms with E-state index in [1.54, 1.807) is 12.1 Å². The molecule has 0 fully saturated rings. The lowest BCUT2D eigenvalue weighted by Crippen LogP contribution is -2.25. The van der Waals surface area contributed by atoms with Crippen molar-refractivity contribution in [3.63, 3.8) is 0 Å². The quantitative estimate of drug-likeness (QED) is 0.649. The first kappa shape index (κ1) is 15.9. The van der Waals surface area contributed by atoms with E-state index < -0.39 is 10.0 Å². The summed E-state index contributed by atoms with van der Waals surface area (Å²) < 4.78 is 27.0. The highest BCUT2D eigenvalue weighted by Crippen LogP contribution is 2.20. The smallest absolute Gasteiger partial charge is 0.240 e. The lowest BCUT2D eigenvalue weighted by atomic mass is 9.97. The molecule has 0 radical (unpaired) electrons. The van der Waals surface area contributed by atoms with Gasteiger partial charge in [0.1, 0.15) is 0 Å². The first-order chi connectivity index (χ1) is 9.99. The van der Waals surface area contributed by atoms with Gasteiger partial charge in [-0.1, -0.05) is 23.8 Å². The molecule has 0 bridgehead atoms. The zero-order valence-corrected chi connectivity index (χ0v) is 13.1. The molecule has 0 spiro atoms. The van der Waals surface area contributed by atoms with Crippen molar-refractivity contribution in [3.05, 3.63) is 41.5 Å². The first-order valence-electron chi connectivity index (χ1n) is 7.27. The standard InChI is InChI=1S/C16H21NO3S/c1-13(18)15-8-5-9-16(12-15)21(19,20)17-11-10-14-6-3-2-4-7-14/h5-6,8-9,12,17H,2-4,7,10-11H2,1H3. The number of nitrogens with one attached hydrogen (secondary N) is 1. The number of sulfonamides is 1. The molecule has 0 unspecified atom stereocenters. The number of carbonyl (C=O) groups is 1. The van der Waals surface area contributed by atoms with Gasteiger partial charge in [-0.3, -0.25) is 4.79 Å². The van der Waals surface area contributed by atoms with Crippen molar-refractivity contribution in [3.8, 4) is 0 Å². The summed E-state index contributed by atoms with van der Waals surface area (Å²) in [6.45, 7) is 1.83. The Morgan fingerprint density at radius 1 is 1.29 bits per heavy atom. The van der Waals surface area contributed by atoms with E-state index in [-0.39, 0.29) is 10.7 Å². The van der Waals surface area contributed by atoms with E-state index in [0.29, 0.717) is 12.1 Å². The zero-order valence-electron chi connectivity index (χ0n) is 12.3. The van der Waals surface area contributed by atoms with Crippen LogP contribution in [-0.2, 0) is 10.0 Å². The number of rotatable bonds is 6. The maximum atomic E-state index is 12.2. The fourth-order valence-electron chi connectivity index (χ4n) is 2.44. The average Bonchev–Trinajstić information content (AvgIpc) is 2.48. The normalized spacial score (nSPS) is 15.6. The highest BCUT2D eigenvalue weighted by Gasteiger charge is 2.15. The van der Waals surface area contributed by atoms with Gasteiger partial charge in [0.2, 0.25) is 10.0 Å². The summed E-state index contributed by atoms with van der Waals surface area (Å²) in [4.78, 5) is 11.5. The summed E-state index contributed by atoms with van der Waals surface area (Å²) in [5, 5.41) is 0. The van der Waals surface area contributed by atoms with Crippen LogP contribution in [0.3, 0.4) is 0 Å². The molecule has 1 aromatic rings. The molecule has 0 heterocycles. The van der Waals surface area contributed by atoms with Crippen LogP contribution in [0, 0.1) is 0 Å². The number of hydrogen-bond acceptors (Lipinski definition) is 3. The van der Waals surface area contributed by atoms with Crippen molar-refractivity contribution in [2.45, 2.75) is 43.9 Å². The summed E-state index contributed by atoms with van der Waals surface area (Å²) in [7, 11) is -3.55. The van der Waals surface area contributed by atoms with E-state index in [1.807, 2.05) is 0 Å². The van der Waals surface area contributed by atoms with Gasteiger partial charge in [-0.25, -0.2) is 13.1 Å². The molecule has 21 heavy (non-hydrogen) atoms. The van der Waals surface area contributed by atoms with E-state index in [9.17, 15) is 13.2 Å². The Morgan fingerprint density at radius 3 is 2.76 bits per heavy atom. The second-order valence-corrected chi connectivity index (χ2v) is 7.11. The molecule has 2 rings (SSSR count).